The van der Waals surface area contributed by atoms with Crippen LogP contribution in [0.2, 0.25) is 15.1 Å². The van der Waals surface area contributed by atoms with Crippen molar-refractivity contribution in [2.45, 2.75) is 6.42 Å². The van der Waals surface area contributed by atoms with Gasteiger partial charge < -0.3 is 4.74 Å². The molecule has 0 fully saturated rings. The van der Waals surface area contributed by atoms with Gasteiger partial charge in [-0.3, -0.25) is 9.59 Å². The largest absolute Gasteiger partial charge is 0.496 e. The quantitative estimate of drug-likeness (QED) is 0.549. The van der Waals surface area contributed by atoms with Gasteiger partial charge in [-0.1, -0.05) is 34.8 Å². The molecule has 1 aromatic heterocycles. The molecule has 144 valence electrons. The molecule has 0 spiro atoms. The van der Waals surface area contributed by atoms with Gasteiger partial charge in [0.1, 0.15) is 5.75 Å². The van der Waals surface area contributed by atoms with Crippen LogP contribution in [0.5, 0.6) is 5.75 Å². The molecule has 5 nitrogen and oxygen atoms in total. The summed E-state index contributed by atoms with van der Waals surface area (Å²) >= 11 is 18.3. The van der Waals surface area contributed by atoms with Crippen molar-refractivity contribution in [2.75, 3.05) is 7.11 Å². The van der Waals surface area contributed by atoms with E-state index in [1.54, 1.807) is 38.4 Å². The Balaban J connectivity index is 2.02. The van der Waals surface area contributed by atoms with Crippen molar-refractivity contribution >= 4 is 40.6 Å². The normalized spacial score (nSPS) is 10.8. The molecule has 0 amide bonds. The molecule has 0 aliphatic rings. The van der Waals surface area contributed by atoms with E-state index in [9.17, 15) is 9.59 Å². The van der Waals surface area contributed by atoms with E-state index in [-0.39, 0.29) is 27.0 Å². The summed E-state index contributed by atoms with van der Waals surface area (Å²) in [5.41, 5.74) is 1.77. The first-order chi connectivity index (χ1) is 13.3. The van der Waals surface area contributed by atoms with E-state index in [4.69, 9.17) is 39.5 Å². The summed E-state index contributed by atoms with van der Waals surface area (Å²) in [6.45, 7) is 0. The maximum Gasteiger partial charge on any atom is 0.266 e. The number of hydrogen-bond acceptors (Lipinski definition) is 4. The number of nitrogens with zero attached hydrogens (tertiary/aromatic N) is 2. The van der Waals surface area contributed by atoms with Gasteiger partial charge in [-0.2, -0.15) is 5.10 Å². The number of ether oxygens (including phenoxy) is 1. The summed E-state index contributed by atoms with van der Waals surface area (Å²) in [6.07, 6.45) is 0.375. The second-order valence-corrected chi connectivity index (χ2v) is 7.31. The van der Waals surface area contributed by atoms with Crippen LogP contribution >= 0.6 is 34.8 Å². The van der Waals surface area contributed by atoms with Crippen molar-refractivity contribution < 1.29 is 9.53 Å². The van der Waals surface area contributed by atoms with Gasteiger partial charge in [-0.15, -0.1) is 0 Å². The van der Waals surface area contributed by atoms with Gasteiger partial charge in [-0.05, 0) is 36.4 Å². The van der Waals surface area contributed by atoms with Crippen molar-refractivity contribution in [3.63, 3.8) is 0 Å². The Morgan fingerprint density at radius 1 is 1.07 bits per heavy atom. The molecule has 0 N–H and O–H groups in total. The molecule has 0 atom stereocenters. The minimum absolute atomic E-state index is 0.180. The molecule has 0 saturated heterocycles. The van der Waals surface area contributed by atoms with E-state index in [0.29, 0.717) is 28.5 Å². The van der Waals surface area contributed by atoms with Crippen LogP contribution in [0.15, 0.2) is 47.3 Å². The molecule has 0 saturated carbocycles. The zero-order chi connectivity index (χ0) is 20.4. The SMILES string of the molecule is COc1ccc(C(=O)c2c(Cl)cc(Cl)cc2Cl)cc1Cc1ccc(=O)n(C)n1. The standard InChI is InChI=1S/C20H15Cl3N2O3/c1-25-18(26)6-4-14(24-25)8-12-7-11(3-5-17(12)28-2)20(27)19-15(22)9-13(21)10-16(19)23/h3-7,9-10H,8H2,1-2H3. The summed E-state index contributed by atoms with van der Waals surface area (Å²) in [4.78, 5) is 24.5. The topological polar surface area (TPSA) is 61.2 Å². The highest BCUT2D eigenvalue weighted by atomic mass is 35.5. The first kappa shape index (κ1) is 20.4. The highest BCUT2D eigenvalue weighted by Gasteiger charge is 2.19. The first-order valence-corrected chi connectivity index (χ1v) is 9.33. The Kier molecular flexibility index (Phi) is 6.08. The van der Waals surface area contributed by atoms with Crippen LogP contribution in [0, 0.1) is 0 Å². The van der Waals surface area contributed by atoms with Crippen molar-refractivity contribution in [3.8, 4) is 5.75 Å². The number of rotatable bonds is 5. The third-order valence-electron chi connectivity index (χ3n) is 4.16. The molecule has 2 aromatic carbocycles. The van der Waals surface area contributed by atoms with E-state index in [2.05, 4.69) is 5.10 Å². The molecule has 3 aromatic rings. The fourth-order valence-corrected chi connectivity index (χ4v) is 3.79. The predicted molar refractivity (Wildman–Crippen MR) is 110 cm³/mol. The minimum atomic E-state index is -0.330. The molecular weight excluding hydrogens is 423 g/mol. The van der Waals surface area contributed by atoms with E-state index in [0.717, 1.165) is 5.56 Å². The van der Waals surface area contributed by atoms with Crippen molar-refractivity contribution in [1.29, 1.82) is 0 Å². The summed E-state index contributed by atoms with van der Waals surface area (Å²) in [5, 5.41) is 4.93. The zero-order valence-corrected chi connectivity index (χ0v) is 17.3. The maximum atomic E-state index is 13.0. The third-order valence-corrected chi connectivity index (χ3v) is 4.98. The van der Waals surface area contributed by atoms with Gasteiger partial charge in [0.05, 0.1) is 28.4 Å². The number of carbonyl (C=O) groups is 1. The van der Waals surface area contributed by atoms with Crippen LogP contribution in [0.3, 0.4) is 0 Å². The number of carbonyl (C=O) groups excluding carboxylic acids is 1. The Hall–Kier alpha value is -2.34. The van der Waals surface area contributed by atoms with Crippen molar-refractivity contribution in [3.05, 3.63) is 90.3 Å². The Morgan fingerprint density at radius 3 is 2.36 bits per heavy atom. The van der Waals surface area contributed by atoms with Crippen LogP contribution < -0.4 is 10.3 Å². The van der Waals surface area contributed by atoms with E-state index >= 15 is 0 Å². The molecule has 0 aliphatic carbocycles. The van der Waals surface area contributed by atoms with Gasteiger partial charge in [-0.25, -0.2) is 4.68 Å². The lowest BCUT2D eigenvalue weighted by atomic mass is 9.98. The summed E-state index contributed by atoms with van der Waals surface area (Å²) < 4.78 is 6.65. The van der Waals surface area contributed by atoms with Gasteiger partial charge >= 0.3 is 0 Å². The minimum Gasteiger partial charge on any atom is -0.496 e. The lowest BCUT2D eigenvalue weighted by molar-refractivity contribution is 0.103. The molecule has 1 heterocycles. The fraction of sp³-hybridized carbons (Fsp3) is 0.150. The molecule has 0 bridgehead atoms. The average Bonchev–Trinajstić information content (AvgIpc) is 2.63. The van der Waals surface area contributed by atoms with Crippen LogP contribution in [0.25, 0.3) is 0 Å². The molecule has 28 heavy (non-hydrogen) atoms. The third kappa shape index (κ3) is 4.22. The summed E-state index contributed by atoms with van der Waals surface area (Å²) in [5.74, 6) is 0.268. The van der Waals surface area contributed by atoms with Gasteiger partial charge in [0.15, 0.2) is 5.78 Å². The number of ketones is 1. The molecular formula is C20H15Cl3N2O3. The zero-order valence-electron chi connectivity index (χ0n) is 15.0. The number of aromatic nitrogens is 2. The van der Waals surface area contributed by atoms with Crippen LogP contribution in [-0.4, -0.2) is 22.7 Å². The number of aryl methyl sites for hydroxylation is 1. The van der Waals surface area contributed by atoms with Crippen molar-refractivity contribution in [1.82, 2.24) is 9.78 Å². The number of halogens is 3. The van der Waals surface area contributed by atoms with E-state index < -0.39 is 0 Å². The fourth-order valence-electron chi connectivity index (χ4n) is 2.80. The van der Waals surface area contributed by atoms with Crippen LogP contribution in [0.4, 0.5) is 0 Å². The number of methoxy groups -OCH3 is 1. The molecule has 3 rings (SSSR count). The Labute approximate surface area is 176 Å². The first-order valence-electron chi connectivity index (χ1n) is 8.19. The monoisotopic (exact) mass is 436 g/mol. The number of hydrogen-bond donors (Lipinski definition) is 0. The van der Waals surface area contributed by atoms with Crippen LogP contribution in [-0.2, 0) is 13.5 Å². The smallest absolute Gasteiger partial charge is 0.266 e. The Bertz CT molecular complexity index is 1100. The molecule has 8 heteroatoms. The van der Waals surface area contributed by atoms with E-state index in [1.807, 2.05) is 0 Å². The van der Waals surface area contributed by atoms with Crippen LogP contribution in [0.1, 0.15) is 27.2 Å². The second-order valence-electron chi connectivity index (χ2n) is 6.06. The predicted octanol–water partition coefficient (Wildman–Crippen LogP) is 4.57. The molecule has 0 radical (unpaired) electrons. The van der Waals surface area contributed by atoms with Gasteiger partial charge in [0.25, 0.3) is 5.56 Å². The number of benzene rings is 2. The second kappa shape index (κ2) is 8.35. The highest BCUT2D eigenvalue weighted by Crippen LogP contribution is 2.32. The van der Waals surface area contributed by atoms with Crippen molar-refractivity contribution in [2.24, 2.45) is 7.05 Å². The average molecular weight is 438 g/mol. The highest BCUT2D eigenvalue weighted by molar-refractivity contribution is 6.43. The lowest BCUT2D eigenvalue weighted by Gasteiger charge is -2.12. The summed E-state index contributed by atoms with van der Waals surface area (Å²) in [6, 6.07) is 11.1. The molecule has 0 aliphatic heterocycles. The summed E-state index contributed by atoms with van der Waals surface area (Å²) in [7, 11) is 3.12. The van der Waals surface area contributed by atoms with E-state index in [1.165, 1.54) is 22.9 Å². The maximum absolute atomic E-state index is 13.0. The molecule has 0 unspecified atom stereocenters. The van der Waals surface area contributed by atoms with Gasteiger partial charge in [0.2, 0.25) is 0 Å². The lowest BCUT2D eigenvalue weighted by Crippen LogP contribution is -2.19. The van der Waals surface area contributed by atoms with Gasteiger partial charge in [0, 0.05) is 35.7 Å². The Morgan fingerprint density at radius 2 is 1.75 bits per heavy atom.